The summed E-state index contributed by atoms with van der Waals surface area (Å²) in [5.41, 5.74) is 2.29. The van der Waals surface area contributed by atoms with E-state index in [0.29, 0.717) is 16.1 Å². The Morgan fingerprint density at radius 2 is 1.81 bits per heavy atom. The number of anilines is 1. The lowest BCUT2D eigenvalue weighted by molar-refractivity contribution is 0.0827. The first-order valence-electron chi connectivity index (χ1n) is 6.27. The van der Waals surface area contributed by atoms with Gasteiger partial charge < -0.3 is 10.2 Å². The minimum Gasteiger partial charge on any atom is -0.345 e. The van der Waals surface area contributed by atoms with Gasteiger partial charge >= 0.3 is 0 Å². The maximum Gasteiger partial charge on any atom is 0.265 e. The van der Waals surface area contributed by atoms with E-state index >= 15 is 0 Å². The number of rotatable bonds is 3. The molecule has 0 spiro atoms. The van der Waals surface area contributed by atoms with Gasteiger partial charge in [-0.3, -0.25) is 9.59 Å². The minimum absolute atomic E-state index is 0.0642. The van der Waals surface area contributed by atoms with Crippen LogP contribution in [0.25, 0.3) is 0 Å². The summed E-state index contributed by atoms with van der Waals surface area (Å²) in [5, 5.41) is 2.82. The monoisotopic (exact) mass is 366 g/mol. The molecule has 2 amide bonds. The van der Waals surface area contributed by atoms with Crippen LogP contribution in [0.2, 0.25) is 0 Å². The summed E-state index contributed by atoms with van der Waals surface area (Å²) in [7, 11) is 3.41. The molecule has 0 atom stereocenters. The average molecular weight is 367 g/mol. The molecule has 110 valence electrons. The van der Waals surface area contributed by atoms with Crippen LogP contribution < -0.4 is 5.32 Å². The van der Waals surface area contributed by atoms with Crippen LogP contribution in [0.4, 0.5) is 5.69 Å². The molecule has 1 aromatic carbocycles. The summed E-state index contributed by atoms with van der Waals surface area (Å²) in [6, 6.07) is 8.70. The van der Waals surface area contributed by atoms with Gasteiger partial charge in [0.05, 0.1) is 8.66 Å². The van der Waals surface area contributed by atoms with Gasteiger partial charge in [0.15, 0.2) is 0 Å². The molecule has 0 bridgehead atoms. The molecule has 0 aliphatic carbocycles. The molecular weight excluding hydrogens is 352 g/mol. The van der Waals surface area contributed by atoms with Crippen molar-refractivity contribution >= 4 is 44.8 Å². The van der Waals surface area contributed by atoms with Gasteiger partial charge in [0, 0.05) is 25.3 Å². The molecule has 4 nitrogen and oxygen atoms in total. The van der Waals surface area contributed by atoms with E-state index in [1.54, 1.807) is 38.4 Å². The Labute approximate surface area is 135 Å². The molecule has 0 unspecified atom stereocenters. The van der Waals surface area contributed by atoms with Crippen molar-refractivity contribution in [2.24, 2.45) is 0 Å². The smallest absolute Gasteiger partial charge is 0.265 e. The Hall–Kier alpha value is -1.66. The lowest BCUT2D eigenvalue weighted by Crippen LogP contribution is -2.21. The predicted octanol–water partition coefficient (Wildman–Crippen LogP) is 3.77. The highest BCUT2D eigenvalue weighted by atomic mass is 79.9. The van der Waals surface area contributed by atoms with Crippen molar-refractivity contribution in [3.63, 3.8) is 0 Å². The number of amides is 2. The van der Waals surface area contributed by atoms with Crippen molar-refractivity contribution in [2.75, 3.05) is 19.4 Å². The maximum absolute atomic E-state index is 12.1. The van der Waals surface area contributed by atoms with Crippen LogP contribution in [0.15, 0.2) is 34.1 Å². The first kappa shape index (κ1) is 15.7. The Morgan fingerprint density at radius 3 is 2.29 bits per heavy atom. The second kappa shape index (κ2) is 6.41. The number of halogens is 1. The minimum atomic E-state index is -0.152. The quantitative estimate of drug-likeness (QED) is 0.898. The van der Waals surface area contributed by atoms with E-state index in [9.17, 15) is 9.59 Å². The Morgan fingerprint density at radius 1 is 1.19 bits per heavy atom. The molecule has 21 heavy (non-hydrogen) atoms. The lowest BCUT2D eigenvalue weighted by atomic mass is 10.2. The van der Waals surface area contributed by atoms with E-state index in [4.69, 9.17) is 0 Å². The third kappa shape index (κ3) is 3.71. The summed E-state index contributed by atoms with van der Waals surface area (Å²) in [4.78, 5) is 26.0. The van der Waals surface area contributed by atoms with Crippen LogP contribution in [-0.4, -0.2) is 30.8 Å². The number of nitrogens with one attached hydrogen (secondary N) is 1. The molecule has 6 heteroatoms. The van der Waals surface area contributed by atoms with E-state index in [1.807, 2.05) is 13.0 Å². The number of hydrogen-bond acceptors (Lipinski definition) is 3. The van der Waals surface area contributed by atoms with Crippen molar-refractivity contribution in [3.05, 3.63) is 50.1 Å². The van der Waals surface area contributed by atoms with E-state index in [-0.39, 0.29) is 11.8 Å². The zero-order chi connectivity index (χ0) is 15.6. The number of hydrogen-bond donors (Lipinski definition) is 1. The van der Waals surface area contributed by atoms with Crippen LogP contribution in [0.5, 0.6) is 0 Å². The van der Waals surface area contributed by atoms with Crippen LogP contribution in [-0.2, 0) is 0 Å². The van der Waals surface area contributed by atoms with Crippen LogP contribution in [0, 0.1) is 6.92 Å². The lowest BCUT2D eigenvalue weighted by Gasteiger charge is -2.10. The van der Waals surface area contributed by atoms with Gasteiger partial charge in [0.25, 0.3) is 11.8 Å². The summed E-state index contributed by atoms with van der Waals surface area (Å²) in [6.45, 7) is 1.94. The zero-order valence-electron chi connectivity index (χ0n) is 11.9. The largest absolute Gasteiger partial charge is 0.345 e. The van der Waals surface area contributed by atoms with Gasteiger partial charge in [-0.05, 0) is 58.7 Å². The molecular formula is C15H15BrN2O2S. The molecule has 1 N–H and O–H groups in total. The highest BCUT2D eigenvalue weighted by molar-refractivity contribution is 9.11. The molecule has 0 radical (unpaired) electrons. The molecule has 1 heterocycles. The summed E-state index contributed by atoms with van der Waals surface area (Å²) in [6.07, 6.45) is 0. The van der Waals surface area contributed by atoms with E-state index in [1.165, 1.54) is 16.2 Å². The molecule has 0 saturated carbocycles. The first-order valence-corrected chi connectivity index (χ1v) is 7.88. The third-order valence-electron chi connectivity index (χ3n) is 2.88. The average Bonchev–Trinajstić information content (AvgIpc) is 2.79. The standard InChI is InChI=1S/C15H15BrN2O2S/c1-9-8-12(21-13(9)16)14(19)17-11-6-4-10(5-7-11)15(20)18(2)3/h4-8H,1-3H3,(H,17,19). The fourth-order valence-electron chi connectivity index (χ4n) is 1.72. The molecule has 0 fully saturated rings. The number of carbonyl (C=O) groups excluding carboxylic acids is 2. The number of thiophene rings is 1. The first-order chi connectivity index (χ1) is 9.88. The van der Waals surface area contributed by atoms with Gasteiger partial charge in [0.1, 0.15) is 0 Å². The number of carbonyl (C=O) groups is 2. The van der Waals surface area contributed by atoms with Crippen LogP contribution in [0.3, 0.4) is 0 Å². The van der Waals surface area contributed by atoms with E-state index in [2.05, 4.69) is 21.2 Å². The molecule has 1 aromatic heterocycles. The highest BCUT2D eigenvalue weighted by Crippen LogP contribution is 2.27. The Balaban J connectivity index is 2.10. The third-order valence-corrected chi connectivity index (χ3v) is 5.01. The van der Waals surface area contributed by atoms with Crippen molar-refractivity contribution in [1.29, 1.82) is 0 Å². The van der Waals surface area contributed by atoms with Crippen molar-refractivity contribution in [2.45, 2.75) is 6.92 Å². The molecule has 0 saturated heterocycles. The summed E-state index contributed by atoms with van der Waals surface area (Å²) < 4.78 is 0.958. The van der Waals surface area contributed by atoms with E-state index in [0.717, 1.165) is 9.35 Å². The van der Waals surface area contributed by atoms with Gasteiger partial charge in [-0.1, -0.05) is 0 Å². The highest BCUT2D eigenvalue weighted by Gasteiger charge is 2.12. The number of nitrogens with zero attached hydrogens (tertiary/aromatic N) is 1. The second-order valence-corrected chi connectivity index (χ2v) is 7.17. The zero-order valence-corrected chi connectivity index (χ0v) is 14.3. The fraction of sp³-hybridized carbons (Fsp3) is 0.200. The molecule has 0 aliphatic heterocycles. The number of aryl methyl sites for hydroxylation is 1. The van der Waals surface area contributed by atoms with Gasteiger partial charge in [-0.15, -0.1) is 11.3 Å². The van der Waals surface area contributed by atoms with Gasteiger partial charge in [-0.25, -0.2) is 0 Å². The summed E-state index contributed by atoms with van der Waals surface area (Å²) >= 11 is 4.80. The topological polar surface area (TPSA) is 49.4 Å². The van der Waals surface area contributed by atoms with Crippen molar-refractivity contribution in [1.82, 2.24) is 4.90 Å². The fourth-order valence-corrected chi connectivity index (χ4v) is 3.15. The van der Waals surface area contributed by atoms with Gasteiger partial charge in [-0.2, -0.15) is 0 Å². The van der Waals surface area contributed by atoms with Crippen molar-refractivity contribution < 1.29 is 9.59 Å². The summed E-state index contributed by atoms with van der Waals surface area (Å²) in [5.74, 6) is -0.217. The Bertz CT molecular complexity index is 658. The normalized spacial score (nSPS) is 10.3. The van der Waals surface area contributed by atoms with Crippen LogP contribution >= 0.6 is 27.3 Å². The van der Waals surface area contributed by atoms with Crippen molar-refractivity contribution in [3.8, 4) is 0 Å². The maximum atomic E-state index is 12.1. The SMILES string of the molecule is Cc1cc(C(=O)Nc2ccc(C(=O)N(C)C)cc2)sc1Br. The van der Waals surface area contributed by atoms with Gasteiger partial charge in [0.2, 0.25) is 0 Å². The molecule has 2 rings (SSSR count). The second-order valence-electron chi connectivity index (χ2n) is 4.80. The molecule has 2 aromatic rings. The number of benzene rings is 1. The van der Waals surface area contributed by atoms with Crippen LogP contribution in [0.1, 0.15) is 25.6 Å². The molecule has 0 aliphatic rings. The van der Waals surface area contributed by atoms with E-state index < -0.39 is 0 Å². The predicted molar refractivity (Wildman–Crippen MR) is 89.2 cm³/mol. The Kier molecular flexibility index (Phi) is 4.80.